The zero-order valence-corrected chi connectivity index (χ0v) is 18.0. The molecule has 4 aliphatic rings. The van der Waals surface area contributed by atoms with E-state index in [2.05, 4.69) is 22.4 Å². The van der Waals surface area contributed by atoms with Gasteiger partial charge in [-0.15, -0.1) is 10.2 Å². The lowest BCUT2D eigenvalue weighted by Crippen LogP contribution is -2.56. The van der Waals surface area contributed by atoms with Gasteiger partial charge in [-0.25, -0.2) is 0 Å². The summed E-state index contributed by atoms with van der Waals surface area (Å²) in [6.45, 7) is 4.26. The average molecular weight is 412 g/mol. The molecule has 0 saturated heterocycles. The van der Waals surface area contributed by atoms with Crippen molar-refractivity contribution in [2.75, 3.05) is 5.75 Å². The monoisotopic (exact) mass is 411 g/mol. The molecule has 0 spiro atoms. The summed E-state index contributed by atoms with van der Waals surface area (Å²) in [6, 6.07) is 8.22. The number of amides is 1. The molecule has 0 aliphatic heterocycles. The zero-order chi connectivity index (χ0) is 20.0. The van der Waals surface area contributed by atoms with Crippen molar-refractivity contribution in [2.45, 2.75) is 63.6 Å². The van der Waals surface area contributed by atoms with E-state index in [1.54, 1.807) is 0 Å². The van der Waals surface area contributed by atoms with Gasteiger partial charge in [0.05, 0.1) is 5.75 Å². The molecule has 1 amide bonds. The van der Waals surface area contributed by atoms with Crippen molar-refractivity contribution in [3.63, 3.8) is 0 Å². The maximum absolute atomic E-state index is 12.6. The number of hydrogen-bond donors (Lipinski definition) is 1. The lowest BCUT2D eigenvalue weighted by atomic mass is 9.48. The Morgan fingerprint density at radius 1 is 1.14 bits per heavy atom. The molecule has 5 nitrogen and oxygen atoms in total. The highest BCUT2D eigenvalue weighted by Crippen LogP contribution is 2.61. The van der Waals surface area contributed by atoms with Crippen LogP contribution < -0.4 is 5.32 Å². The minimum absolute atomic E-state index is 0.0633. The predicted molar refractivity (Wildman–Crippen MR) is 113 cm³/mol. The largest absolute Gasteiger partial charge is 0.411 e. The summed E-state index contributed by atoms with van der Waals surface area (Å²) in [5.74, 6) is 3.56. The van der Waals surface area contributed by atoms with E-state index in [0.717, 1.165) is 23.3 Å². The highest BCUT2D eigenvalue weighted by Gasteiger charge is 2.53. The van der Waals surface area contributed by atoms with Crippen molar-refractivity contribution >= 4 is 17.7 Å². The van der Waals surface area contributed by atoms with Crippen molar-refractivity contribution in [2.24, 2.45) is 23.2 Å². The van der Waals surface area contributed by atoms with Gasteiger partial charge in [-0.1, -0.05) is 29.5 Å². The molecule has 2 aromatic rings. The number of carbonyl (C=O) groups excluding carboxylic acids is 1. The highest BCUT2D eigenvalue weighted by atomic mass is 32.2. The summed E-state index contributed by atoms with van der Waals surface area (Å²) in [5.41, 5.74) is 2.42. The smallest absolute Gasteiger partial charge is 0.277 e. The molecule has 6 heteroatoms. The lowest BCUT2D eigenvalue weighted by Gasteiger charge is -2.59. The summed E-state index contributed by atoms with van der Waals surface area (Å²) in [7, 11) is 0. The molecule has 1 unspecified atom stereocenters. The first kappa shape index (κ1) is 19.2. The Hall–Kier alpha value is -1.82. The van der Waals surface area contributed by atoms with E-state index in [9.17, 15) is 4.79 Å². The Morgan fingerprint density at radius 3 is 2.38 bits per heavy atom. The first-order valence-corrected chi connectivity index (χ1v) is 11.8. The Bertz CT molecular complexity index is 856. The fourth-order valence-corrected chi connectivity index (χ4v) is 6.93. The topological polar surface area (TPSA) is 68.0 Å². The first-order chi connectivity index (χ1) is 14.0. The second kappa shape index (κ2) is 7.46. The highest BCUT2D eigenvalue weighted by molar-refractivity contribution is 7.99. The molecular formula is C23H29N3O2S. The quantitative estimate of drug-likeness (QED) is 0.688. The molecular weight excluding hydrogens is 382 g/mol. The molecule has 1 heterocycles. The van der Waals surface area contributed by atoms with E-state index in [4.69, 9.17) is 4.42 Å². The fourth-order valence-electron chi connectivity index (χ4n) is 6.35. The van der Waals surface area contributed by atoms with Crippen molar-refractivity contribution < 1.29 is 9.21 Å². The summed E-state index contributed by atoms with van der Waals surface area (Å²) in [6.07, 6.45) is 8.19. The van der Waals surface area contributed by atoms with Crippen LogP contribution in [0, 0.1) is 30.1 Å². The number of nitrogens with one attached hydrogen (secondary N) is 1. The molecule has 29 heavy (non-hydrogen) atoms. The van der Waals surface area contributed by atoms with Gasteiger partial charge < -0.3 is 9.73 Å². The van der Waals surface area contributed by atoms with Gasteiger partial charge in [0.1, 0.15) is 0 Å². The molecule has 0 radical (unpaired) electrons. The van der Waals surface area contributed by atoms with Crippen LogP contribution in [0.5, 0.6) is 0 Å². The van der Waals surface area contributed by atoms with E-state index in [-0.39, 0.29) is 11.9 Å². The number of hydrogen-bond acceptors (Lipinski definition) is 5. The van der Waals surface area contributed by atoms with Crippen LogP contribution in [0.2, 0.25) is 0 Å². The number of aromatic nitrogens is 2. The molecule has 1 N–H and O–H groups in total. The van der Waals surface area contributed by atoms with Gasteiger partial charge in [-0.05, 0) is 87.7 Å². The normalized spacial score (nSPS) is 31.0. The van der Waals surface area contributed by atoms with Crippen LogP contribution in [0.3, 0.4) is 0 Å². The maximum Gasteiger partial charge on any atom is 0.277 e. The minimum atomic E-state index is 0.0633. The van der Waals surface area contributed by atoms with E-state index < -0.39 is 0 Å². The molecule has 1 atom stereocenters. The molecule has 4 saturated carbocycles. The molecule has 4 bridgehead atoms. The third kappa shape index (κ3) is 3.83. The lowest BCUT2D eigenvalue weighted by molar-refractivity contribution is -0.123. The van der Waals surface area contributed by atoms with Gasteiger partial charge in [0.2, 0.25) is 11.8 Å². The molecule has 1 aromatic carbocycles. The van der Waals surface area contributed by atoms with Crippen LogP contribution in [-0.2, 0) is 4.79 Å². The Morgan fingerprint density at radius 2 is 1.76 bits per heavy atom. The van der Waals surface area contributed by atoms with Crippen molar-refractivity contribution in [1.29, 1.82) is 0 Å². The number of rotatable bonds is 6. The van der Waals surface area contributed by atoms with Gasteiger partial charge in [-0.3, -0.25) is 4.79 Å². The maximum atomic E-state index is 12.6. The number of carbonyl (C=O) groups is 1. The van der Waals surface area contributed by atoms with Crippen LogP contribution in [0.1, 0.15) is 51.0 Å². The Balaban J connectivity index is 1.16. The van der Waals surface area contributed by atoms with Crippen LogP contribution in [0.25, 0.3) is 11.5 Å². The predicted octanol–water partition coefficient (Wildman–Crippen LogP) is 4.86. The van der Waals surface area contributed by atoms with E-state index >= 15 is 0 Å². The third-order valence-corrected chi connectivity index (χ3v) is 8.23. The van der Waals surface area contributed by atoms with Crippen molar-refractivity contribution in [1.82, 2.24) is 15.5 Å². The number of aryl methyl sites for hydroxylation is 1. The summed E-state index contributed by atoms with van der Waals surface area (Å²) < 4.78 is 5.73. The second-order valence-corrected chi connectivity index (χ2v) is 10.5. The standard InChI is InChI=1S/C23H29N3O2S/c1-14-3-5-19(6-4-14)21-25-26-22(28-21)29-13-20(27)24-15(2)23-10-16-7-17(11-23)9-18(8-16)12-23/h3-6,15-18H,7-13H2,1-2H3,(H,24,27). The molecule has 1 aromatic heterocycles. The van der Waals surface area contributed by atoms with Gasteiger partial charge in [0, 0.05) is 11.6 Å². The van der Waals surface area contributed by atoms with E-state index in [1.807, 2.05) is 31.2 Å². The van der Waals surface area contributed by atoms with E-state index in [1.165, 1.54) is 55.9 Å². The average Bonchev–Trinajstić information content (AvgIpc) is 3.15. The van der Waals surface area contributed by atoms with Crippen LogP contribution in [-0.4, -0.2) is 27.9 Å². The number of nitrogens with zero attached hydrogens (tertiary/aromatic N) is 2. The second-order valence-electron chi connectivity index (χ2n) is 9.60. The minimum Gasteiger partial charge on any atom is -0.411 e. The fraction of sp³-hybridized carbons (Fsp3) is 0.609. The first-order valence-electron chi connectivity index (χ1n) is 10.8. The van der Waals surface area contributed by atoms with Gasteiger partial charge in [0.25, 0.3) is 5.22 Å². The molecule has 6 rings (SSSR count). The van der Waals surface area contributed by atoms with Crippen LogP contribution in [0.4, 0.5) is 0 Å². The van der Waals surface area contributed by atoms with Crippen molar-refractivity contribution in [3.8, 4) is 11.5 Å². The van der Waals surface area contributed by atoms with Gasteiger partial charge in [0.15, 0.2) is 0 Å². The Kier molecular flexibility index (Phi) is 4.93. The molecule has 4 aliphatic carbocycles. The van der Waals surface area contributed by atoms with Gasteiger partial charge >= 0.3 is 0 Å². The molecule has 154 valence electrons. The van der Waals surface area contributed by atoms with E-state index in [0.29, 0.717) is 22.3 Å². The molecule has 4 fully saturated rings. The Labute approximate surface area is 176 Å². The zero-order valence-electron chi connectivity index (χ0n) is 17.2. The van der Waals surface area contributed by atoms with Crippen molar-refractivity contribution in [3.05, 3.63) is 29.8 Å². The van der Waals surface area contributed by atoms with Crippen LogP contribution >= 0.6 is 11.8 Å². The number of thioether (sulfide) groups is 1. The number of benzene rings is 1. The van der Waals surface area contributed by atoms with Gasteiger partial charge in [-0.2, -0.15) is 0 Å². The van der Waals surface area contributed by atoms with Crippen LogP contribution in [0.15, 0.2) is 33.9 Å². The SMILES string of the molecule is Cc1ccc(-c2nnc(SCC(=O)NC(C)C34CC5CC(CC(C5)C3)C4)o2)cc1. The third-order valence-electron chi connectivity index (χ3n) is 7.41. The summed E-state index contributed by atoms with van der Waals surface area (Å²) >= 11 is 1.31. The summed E-state index contributed by atoms with van der Waals surface area (Å²) in [5, 5.41) is 11.9. The summed E-state index contributed by atoms with van der Waals surface area (Å²) in [4.78, 5) is 12.6.